The highest BCUT2D eigenvalue weighted by Crippen LogP contribution is 2.23. The minimum atomic E-state index is -4.04. The first kappa shape index (κ1) is 16.0. The molecular weight excluding hydrogens is 336 g/mol. The zero-order valence-electron chi connectivity index (χ0n) is 12.1. The summed E-state index contributed by atoms with van der Waals surface area (Å²) >= 11 is 0. The molecule has 1 aromatic heterocycles. The summed E-state index contributed by atoms with van der Waals surface area (Å²) in [6.07, 6.45) is 4.58. The molecule has 0 saturated heterocycles. The molecule has 0 bridgehead atoms. The third kappa shape index (κ3) is 3.38. The molecule has 2 aromatic carbocycles. The van der Waals surface area contributed by atoms with Gasteiger partial charge < -0.3 is 0 Å². The lowest BCUT2D eigenvalue weighted by Gasteiger charge is -2.09. The van der Waals surface area contributed by atoms with Crippen molar-refractivity contribution in [2.75, 3.05) is 4.72 Å². The van der Waals surface area contributed by atoms with Gasteiger partial charge >= 0.3 is 0 Å². The standard InChI is InChI=1S/C16H11F2N3O2S/c17-13-3-6-15(18)16(7-13)21-24(22,23)14-4-1-11(2-5-14)12-8-19-10-20-9-12/h1-10,21H. The van der Waals surface area contributed by atoms with Crippen molar-refractivity contribution in [3.63, 3.8) is 0 Å². The van der Waals surface area contributed by atoms with Crippen LogP contribution in [0.25, 0.3) is 11.1 Å². The number of nitrogens with zero attached hydrogens (tertiary/aromatic N) is 2. The van der Waals surface area contributed by atoms with Gasteiger partial charge in [-0.05, 0) is 29.8 Å². The average Bonchev–Trinajstić information content (AvgIpc) is 2.59. The number of aromatic nitrogens is 2. The van der Waals surface area contributed by atoms with Crippen LogP contribution in [-0.2, 0) is 10.0 Å². The number of rotatable bonds is 4. The Labute approximate surface area is 137 Å². The molecule has 3 aromatic rings. The Morgan fingerprint density at radius 2 is 1.54 bits per heavy atom. The summed E-state index contributed by atoms with van der Waals surface area (Å²) in [5.41, 5.74) is 1.01. The fraction of sp³-hybridized carbons (Fsp3) is 0. The summed E-state index contributed by atoms with van der Waals surface area (Å²) in [5, 5.41) is 0. The fourth-order valence-electron chi connectivity index (χ4n) is 2.05. The summed E-state index contributed by atoms with van der Waals surface area (Å²) in [7, 11) is -4.04. The second-order valence-corrected chi connectivity index (χ2v) is 6.56. The lowest BCUT2D eigenvalue weighted by Crippen LogP contribution is -2.14. The van der Waals surface area contributed by atoms with Crippen molar-refractivity contribution in [1.82, 2.24) is 9.97 Å². The first-order chi connectivity index (χ1) is 11.5. The second-order valence-electron chi connectivity index (χ2n) is 4.88. The van der Waals surface area contributed by atoms with E-state index in [0.29, 0.717) is 0 Å². The Balaban J connectivity index is 1.89. The van der Waals surface area contributed by atoms with Crippen LogP contribution in [0.4, 0.5) is 14.5 Å². The van der Waals surface area contributed by atoms with Crippen LogP contribution in [0, 0.1) is 11.6 Å². The number of anilines is 1. The van der Waals surface area contributed by atoms with Gasteiger partial charge in [0, 0.05) is 24.0 Å². The number of hydrogen-bond donors (Lipinski definition) is 1. The van der Waals surface area contributed by atoms with Gasteiger partial charge in [0.2, 0.25) is 0 Å². The average molecular weight is 347 g/mol. The number of sulfonamides is 1. The van der Waals surface area contributed by atoms with Gasteiger partial charge in [0.1, 0.15) is 18.0 Å². The van der Waals surface area contributed by atoms with Gasteiger partial charge in [0.15, 0.2) is 0 Å². The van der Waals surface area contributed by atoms with E-state index in [-0.39, 0.29) is 4.90 Å². The smallest absolute Gasteiger partial charge is 0.261 e. The molecule has 3 rings (SSSR count). The first-order valence-electron chi connectivity index (χ1n) is 6.79. The zero-order valence-corrected chi connectivity index (χ0v) is 13.0. The summed E-state index contributed by atoms with van der Waals surface area (Å²) in [5.74, 6) is -1.61. The number of halogens is 2. The molecule has 1 N–H and O–H groups in total. The van der Waals surface area contributed by atoms with E-state index in [1.807, 2.05) is 4.72 Å². The molecule has 0 aliphatic rings. The Bertz CT molecular complexity index is 962. The van der Waals surface area contributed by atoms with Crippen molar-refractivity contribution in [2.24, 2.45) is 0 Å². The Morgan fingerprint density at radius 1 is 0.875 bits per heavy atom. The minimum Gasteiger partial charge on any atom is -0.277 e. The molecule has 0 spiro atoms. The van der Waals surface area contributed by atoms with Crippen LogP contribution < -0.4 is 4.72 Å². The van der Waals surface area contributed by atoms with Crippen molar-refractivity contribution in [2.45, 2.75) is 4.90 Å². The van der Waals surface area contributed by atoms with E-state index in [1.165, 1.54) is 18.5 Å². The number of benzene rings is 2. The normalized spacial score (nSPS) is 11.2. The van der Waals surface area contributed by atoms with E-state index in [0.717, 1.165) is 29.3 Å². The predicted octanol–water partition coefficient (Wildman–Crippen LogP) is 3.22. The van der Waals surface area contributed by atoms with Crippen molar-refractivity contribution in [3.05, 3.63) is 72.8 Å². The van der Waals surface area contributed by atoms with Gasteiger partial charge in [-0.15, -0.1) is 0 Å². The van der Waals surface area contributed by atoms with E-state index < -0.39 is 27.3 Å². The highest BCUT2D eigenvalue weighted by molar-refractivity contribution is 7.92. The van der Waals surface area contributed by atoms with Crippen LogP contribution >= 0.6 is 0 Å². The lowest BCUT2D eigenvalue weighted by atomic mass is 10.1. The summed E-state index contributed by atoms with van der Waals surface area (Å²) < 4.78 is 53.4. The van der Waals surface area contributed by atoms with Gasteiger partial charge in [-0.2, -0.15) is 0 Å². The number of hydrogen-bond acceptors (Lipinski definition) is 4. The molecular formula is C16H11F2N3O2S. The molecule has 0 amide bonds. The molecule has 122 valence electrons. The van der Waals surface area contributed by atoms with Gasteiger partial charge in [0.25, 0.3) is 10.0 Å². The van der Waals surface area contributed by atoms with Gasteiger partial charge in [-0.25, -0.2) is 27.2 Å². The first-order valence-corrected chi connectivity index (χ1v) is 8.27. The highest BCUT2D eigenvalue weighted by atomic mass is 32.2. The molecule has 5 nitrogen and oxygen atoms in total. The van der Waals surface area contributed by atoms with Gasteiger partial charge in [-0.3, -0.25) is 4.72 Å². The van der Waals surface area contributed by atoms with Crippen molar-refractivity contribution < 1.29 is 17.2 Å². The second kappa shape index (κ2) is 6.32. The van der Waals surface area contributed by atoms with Crippen LogP contribution in [0.15, 0.2) is 66.1 Å². The van der Waals surface area contributed by atoms with Crippen molar-refractivity contribution in [3.8, 4) is 11.1 Å². The SMILES string of the molecule is O=S(=O)(Nc1cc(F)ccc1F)c1ccc(-c2cncnc2)cc1. The predicted molar refractivity (Wildman–Crippen MR) is 84.6 cm³/mol. The molecule has 0 radical (unpaired) electrons. The molecule has 0 aliphatic heterocycles. The maximum Gasteiger partial charge on any atom is 0.261 e. The maximum absolute atomic E-state index is 13.6. The minimum absolute atomic E-state index is 0.0771. The fourth-order valence-corrected chi connectivity index (χ4v) is 3.11. The molecule has 0 fully saturated rings. The van der Waals surface area contributed by atoms with Gasteiger partial charge in [-0.1, -0.05) is 12.1 Å². The van der Waals surface area contributed by atoms with Crippen LogP contribution in [0.1, 0.15) is 0 Å². The molecule has 0 atom stereocenters. The van der Waals surface area contributed by atoms with Crippen LogP contribution in [-0.4, -0.2) is 18.4 Å². The third-order valence-electron chi connectivity index (χ3n) is 3.23. The van der Waals surface area contributed by atoms with Crippen molar-refractivity contribution >= 4 is 15.7 Å². The Kier molecular flexibility index (Phi) is 4.22. The lowest BCUT2D eigenvalue weighted by molar-refractivity contribution is 0.594. The largest absolute Gasteiger partial charge is 0.277 e. The Hall–Kier alpha value is -2.87. The number of nitrogens with one attached hydrogen (secondary N) is 1. The van der Waals surface area contributed by atoms with Crippen molar-refractivity contribution in [1.29, 1.82) is 0 Å². The van der Waals surface area contributed by atoms with Crippen LogP contribution in [0.3, 0.4) is 0 Å². The quantitative estimate of drug-likeness (QED) is 0.786. The summed E-state index contributed by atoms with van der Waals surface area (Å²) in [6, 6.07) is 8.42. The van der Waals surface area contributed by atoms with Gasteiger partial charge in [0.05, 0.1) is 10.6 Å². The molecule has 8 heteroatoms. The van der Waals surface area contributed by atoms with E-state index >= 15 is 0 Å². The summed E-state index contributed by atoms with van der Waals surface area (Å²) in [4.78, 5) is 7.70. The molecule has 24 heavy (non-hydrogen) atoms. The maximum atomic E-state index is 13.6. The highest BCUT2D eigenvalue weighted by Gasteiger charge is 2.17. The molecule has 1 heterocycles. The molecule has 0 aliphatic carbocycles. The van der Waals surface area contributed by atoms with Crippen LogP contribution in [0.5, 0.6) is 0 Å². The van der Waals surface area contributed by atoms with E-state index in [4.69, 9.17) is 0 Å². The monoisotopic (exact) mass is 347 g/mol. The Morgan fingerprint density at radius 3 is 2.21 bits per heavy atom. The van der Waals surface area contributed by atoms with E-state index in [1.54, 1.807) is 24.5 Å². The van der Waals surface area contributed by atoms with E-state index in [2.05, 4.69) is 9.97 Å². The van der Waals surface area contributed by atoms with Crippen LogP contribution in [0.2, 0.25) is 0 Å². The third-order valence-corrected chi connectivity index (χ3v) is 4.61. The molecule has 0 unspecified atom stereocenters. The topological polar surface area (TPSA) is 72.0 Å². The molecule has 0 saturated carbocycles. The summed E-state index contributed by atoms with van der Waals surface area (Å²) in [6.45, 7) is 0. The zero-order chi connectivity index (χ0) is 17.2. The van der Waals surface area contributed by atoms with E-state index in [9.17, 15) is 17.2 Å².